The summed E-state index contributed by atoms with van der Waals surface area (Å²) >= 11 is 1.20. The van der Waals surface area contributed by atoms with Crippen molar-refractivity contribution in [2.24, 2.45) is 0 Å². The van der Waals surface area contributed by atoms with Gasteiger partial charge in [0.05, 0.1) is 7.11 Å². The third-order valence-corrected chi connectivity index (χ3v) is 5.54. The number of ether oxygens (including phenoxy) is 2. The highest BCUT2D eigenvalue weighted by Crippen LogP contribution is 2.39. The molecule has 3 rings (SSSR count). The standard InChI is InChI=1S/C21H21FN4O4S/c1-4-11-30-18-10-5-15(12-19(18)29-3)20(13-25(27)28)31-21-24-23-14(2)26(21)17-8-6-16(22)7-9-17/h4-10,12,20H,1,11,13H2,2-3H3/t20-/m1/s1. The number of hydrogen-bond donors (Lipinski definition) is 0. The first-order chi connectivity index (χ1) is 14.9. The van der Waals surface area contributed by atoms with Crippen LogP contribution in [0.1, 0.15) is 16.6 Å². The first kappa shape index (κ1) is 22.3. The molecule has 0 spiro atoms. The number of nitrogens with zero attached hydrogens (tertiary/aromatic N) is 4. The highest BCUT2D eigenvalue weighted by Gasteiger charge is 2.25. The quantitative estimate of drug-likeness (QED) is 0.198. The van der Waals surface area contributed by atoms with Crippen molar-refractivity contribution in [3.63, 3.8) is 0 Å². The van der Waals surface area contributed by atoms with E-state index in [2.05, 4.69) is 16.8 Å². The second-order valence-electron chi connectivity index (χ2n) is 6.47. The molecule has 0 unspecified atom stereocenters. The van der Waals surface area contributed by atoms with E-state index in [-0.39, 0.29) is 17.3 Å². The predicted octanol–water partition coefficient (Wildman–Crippen LogP) is 4.40. The van der Waals surface area contributed by atoms with Gasteiger partial charge in [0.2, 0.25) is 6.54 Å². The monoisotopic (exact) mass is 444 g/mol. The maximum Gasteiger partial charge on any atom is 0.220 e. The Labute approximate surface area is 182 Å². The lowest BCUT2D eigenvalue weighted by Gasteiger charge is -2.16. The Morgan fingerprint density at radius 3 is 2.65 bits per heavy atom. The molecular weight excluding hydrogens is 423 g/mol. The summed E-state index contributed by atoms with van der Waals surface area (Å²) in [5.74, 6) is 1.20. The number of aromatic nitrogens is 3. The van der Waals surface area contributed by atoms with E-state index in [0.29, 0.717) is 40.3 Å². The van der Waals surface area contributed by atoms with Crippen LogP contribution < -0.4 is 9.47 Å². The number of thioether (sulfide) groups is 1. The third-order valence-electron chi connectivity index (χ3n) is 4.36. The lowest BCUT2D eigenvalue weighted by molar-refractivity contribution is -0.479. The van der Waals surface area contributed by atoms with Gasteiger partial charge in [0.1, 0.15) is 23.5 Å². The fraction of sp³-hybridized carbons (Fsp3) is 0.238. The van der Waals surface area contributed by atoms with Gasteiger partial charge in [0, 0.05) is 10.6 Å². The van der Waals surface area contributed by atoms with Gasteiger partial charge in [-0.3, -0.25) is 14.7 Å². The number of nitro groups is 1. The number of rotatable bonds is 10. The Hall–Kier alpha value is -3.40. The predicted molar refractivity (Wildman–Crippen MR) is 115 cm³/mol. The van der Waals surface area contributed by atoms with E-state index in [1.54, 1.807) is 47.9 Å². The molecule has 0 aliphatic rings. The second-order valence-corrected chi connectivity index (χ2v) is 7.64. The Balaban J connectivity index is 1.96. The van der Waals surface area contributed by atoms with Crippen molar-refractivity contribution in [2.45, 2.75) is 17.3 Å². The molecule has 1 atom stereocenters. The van der Waals surface area contributed by atoms with Crippen LogP contribution in [-0.2, 0) is 0 Å². The largest absolute Gasteiger partial charge is 0.493 e. The fourth-order valence-corrected chi connectivity index (χ4v) is 4.10. The summed E-state index contributed by atoms with van der Waals surface area (Å²) in [6.45, 7) is 5.35. The van der Waals surface area contributed by atoms with Gasteiger partial charge in [-0.05, 0) is 48.9 Å². The van der Waals surface area contributed by atoms with Gasteiger partial charge < -0.3 is 9.47 Å². The molecule has 0 aliphatic carbocycles. The van der Waals surface area contributed by atoms with Crippen molar-refractivity contribution in [3.8, 4) is 17.2 Å². The highest BCUT2D eigenvalue weighted by atomic mass is 32.2. The molecule has 0 radical (unpaired) electrons. The molecule has 3 aromatic rings. The van der Waals surface area contributed by atoms with Gasteiger partial charge in [-0.1, -0.05) is 30.5 Å². The summed E-state index contributed by atoms with van der Waals surface area (Å²) in [4.78, 5) is 11.0. The highest BCUT2D eigenvalue weighted by molar-refractivity contribution is 7.99. The Bertz CT molecular complexity index is 1070. The van der Waals surface area contributed by atoms with Crippen molar-refractivity contribution in [1.29, 1.82) is 0 Å². The fourth-order valence-electron chi connectivity index (χ4n) is 2.93. The number of halogens is 1. The maximum atomic E-state index is 13.3. The van der Waals surface area contributed by atoms with E-state index in [9.17, 15) is 14.5 Å². The molecule has 0 saturated heterocycles. The van der Waals surface area contributed by atoms with Gasteiger partial charge in [-0.2, -0.15) is 0 Å². The zero-order valence-corrected chi connectivity index (χ0v) is 17.8. The lowest BCUT2D eigenvalue weighted by atomic mass is 10.1. The number of benzene rings is 2. The molecule has 0 bridgehead atoms. The minimum Gasteiger partial charge on any atom is -0.493 e. The molecule has 1 heterocycles. The first-order valence-corrected chi connectivity index (χ1v) is 10.2. The van der Waals surface area contributed by atoms with Crippen molar-refractivity contribution < 1.29 is 18.8 Å². The van der Waals surface area contributed by atoms with E-state index >= 15 is 0 Å². The molecule has 8 nitrogen and oxygen atoms in total. The third kappa shape index (κ3) is 5.40. The first-order valence-electron chi connectivity index (χ1n) is 9.31. The van der Waals surface area contributed by atoms with Crippen LogP contribution in [-0.4, -0.2) is 39.9 Å². The summed E-state index contributed by atoms with van der Waals surface area (Å²) in [6.07, 6.45) is 1.61. The van der Waals surface area contributed by atoms with Crippen LogP contribution in [0.15, 0.2) is 60.3 Å². The summed E-state index contributed by atoms with van der Waals surface area (Å²) < 4.78 is 26.0. The van der Waals surface area contributed by atoms with E-state index < -0.39 is 5.25 Å². The number of methoxy groups -OCH3 is 1. The Morgan fingerprint density at radius 1 is 1.26 bits per heavy atom. The number of hydrogen-bond acceptors (Lipinski definition) is 7. The molecule has 162 valence electrons. The Kier molecular flexibility index (Phi) is 7.24. The molecule has 2 aromatic carbocycles. The lowest BCUT2D eigenvalue weighted by Crippen LogP contribution is -2.11. The zero-order chi connectivity index (χ0) is 22.4. The van der Waals surface area contributed by atoms with Crippen molar-refractivity contribution in [2.75, 3.05) is 20.3 Å². The topological polar surface area (TPSA) is 92.3 Å². The smallest absolute Gasteiger partial charge is 0.220 e. The van der Waals surface area contributed by atoms with Gasteiger partial charge in [-0.15, -0.1) is 10.2 Å². The van der Waals surface area contributed by atoms with E-state index in [1.165, 1.54) is 31.0 Å². The van der Waals surface area contributed by atoms with Crippen LogP contribution >= 0.6 is 11.8 Å². The molecule has 0 N–H and O–H groups in total. The molecule has 31 heavy (non-hydrogen) atoms. The van der Waals surface area contributed by atoms with Gasteiger partial charge in [0.15, 0.2) is 16.7 Å². The van der Waals surface area contributed by atoms with Crippen LogP contribution in [0.3, 0.4) is 0 Å². The average molecular weight is 444 g/mol. The number of aryl methyl sites for hydroxylation is 1. The van der Waals surface area contributed by atoms with Crippen molar-refractivity contribution in [1.82, 2.24) is 14.8 Å². The minimum absolute atomic E-state index is 0.308. The second kappa shape index (κ2) is 10.1. The summed E-state index contributed by atoms with van der Waals surface area (Å²) in [5.41, 5.74) is 1.34. The van der Waals surface area contributed by atoms with E-state index in [4.69, 9.17) is 9.47 Å². The molecule has 10 heteroatoms. The van der Waals surface area contributed by atoms with Crippen molar-refractivity contribution >= 4 is 11.8 Å². The summed E-state index contributed by atoms with van der Waals surface area (Å²) in [5, 5.41) is 19.5. The maximum absolute atomic E-state index is 13.3. The Morgan fingerprint density at radius 2 is 2.00 bits per heavy atom. The average Bonchev–Trinajstić information content (AvgIpc) is 3.12. The van der Waals surface area contributed by atoms with Crippen LogP contribution in [0, 0.1) is 22.9 Å². The normalized spacial score (nSPS) is 11.7. The van der Waals surface area contributed by atoms with Crippen LogP contribution in [0.4, 0.5) is 4.39 Å². The SMILES string of the molecule is C=CCOc1ccc([C@@H](C[N+](=O)[O-])Sc2nnc(C)n2-c2ccc(F)cc2)cc1OC. The van der Waals surface area contributed by atoms with Gasteiger partial charge >= 0.3 is 0 Å². The molecule has 0 aliphatic heterocycles. The van der Waals surface area contributed by atoms with Crippen LogP contribution in [0.2, 0.25) is 0 Å². The minimum atomic E-state index is -0.569. The molecule has 0 amide bonds. The van der Waals surface area contributed by atoms with E-state index in [1.807, 2.05) is 0 Å². The molecular formula is C21H21FN4O4S. The van der Waals surface area contributed by atoms with Crippen LogP contribution in [0.25, 0.3) is 5.69 Å². The molecule has 1 aromatic heterocycles. The van der Waals surface area contributed by atoms with Crippen LogP contribution in [0.5, 0.6) is 11.5 Å². The van der Waals surface area contributed by atoms with Gasteiger partial charge in [0.25, 0.3) is 0 Å². The zero-order valence-electron chi connectivity index (χ0n) is 17.0. The summed E-state index contributed by atoms with van der Waals surface area (Å²) in [7, 11) is 1.50. The molecule has 0 saturated carbocycles. The summed E-state index contributed by atoms with van der Waals surface area (Å²) in [6, 6.07) is 11.1. The van der Waals surface area contributed by atoms with Gasteiger partial charge in [-0.25, -0.2) is 4.39 Å². The molecule has 0 fully saturated rings. The van der Waals surface area contributed by atoms with E-state index in [0.717, 1.165) is 0 Å². The van der Waals surface area contributed by atoms with Crippen molar-refractivity contribution in [3.05, 3.63) is 82.4 Å².